The van der Waals surface area contributed by atoms with Crippen molar-refractivity contribution in [1.29, 1.82) is 0 Å². The maximum atomic E-state index is 6.57. The average molecular weight is 731 g/mol. The summed E-state index contributed by atoms with van der Waals surface area (Å²) in [6.45, 7) is 0. The first-order chi connectivity index (χ1) is 28.2. The Morgan fingerprint density at radius 3 is 1.42 bits per heavy atom. The van der Waals surface area contributed by atoms with Crippen molar-refractivity contribution in [3.05, 3.63) is 182 Å². The first-order valence-electron chi connectivity index (χ1n) is 19.1. The molecule has 4 aromatic heterocycles. The minimum Gasteiger partial charge on any atom is -0.456 e. The molecule has 12 rings (SSSR count). The van der Waals surface area contributed by atoms with Crippen molar-refractivity contribution in [2.45, 2.75) is 0 Å². The summed E-state index contributed by atoms with van der Waals surface area (Å²) < 4.78 is 19.5. The van der Waals surface area contributed by atoms with Gasteiger partial charge >= 0.3 is 0 Å². The summed E-state index contributed by atoms with van der Waals surface area (Å²) in [5.41, 5.74) is 14.8. The van der Waals surface area contributed by atoms with Gasteiger partial charge in [0.15, 0.2) is 11.4 Å². The van der Waals surface area contributed by atoms with Crippen LogP contribution < -0.4 is 0 Å². The predicted molar refractivity (Wildman–Crippen MR) is 231 cm³/mol. The fraction of sp³-hybridized carbons (Fsp3) is 0. The normalized spacial score (nSPS) is 11.9. The van der Waals surface area contributed by atoms with E-state index >= 15 is 0 Å². The summed E-state index contributed by atoms with van der Waals surface area (Å²) >= 11 is 0. The third kappa shape index (κ3) is 5.03. The van der Waals surface area contributed by atoms with E-state index in [-0.39, 0.29) is 0 Å². The summed E-state index contributed by atoms with van der Waals surface area (Å²) in [6, 6.07) is 62.6. The van der Waals surface area contributed by atoms with Gasteiger partial charge in [-0.3, -0.25) is 0 Å². The van der Waals surface area contributed by atoms with E-state index < -0.39 is 0 Å². The van der Waals surface area contributed by atoms with Crippen LogP contribution in [0.2, 0.25) is 0 Å². The summed E-state index contributed by atoms with van der Waals surface area (Å²) in [5, 5.41) is 5.05. The number of benzene rings is 8. The van der Waals surface area contributed by atoms with Crippen molar-refractivity contribution < 1.29 is 13.3 Å². The van der Waals surface area contributed by atoms with Gasteiger partial charge < -0.3 is 13.3 Å². The molecule has 0 bridgehead atoms. The van der Waals surface area contributed by atoms with Crippen molar-refractivity contribution in [3.63, 3.8) is 0 Å². The number of rotatable bonds is 5. The number of hydrogen-bond donors (Lipinski definition) is 0. The van der Waals surface area contributed by atoms with Crippen LogP contribution in [0.3, 0.4) is 0 Å². The van der Waals surface area contributed by atoms with Gasteiger partial charge in [-0.2, -0.15) is 0 Å². The topological polar surface area (TPSA) is 65.2 Å². The van der Waals surface area contributed by atoms with E-state index in [4.69, 9.17) is 23.2 Å². The van der Waals surface area contributed by atoms with Gasteiger partial charge in [-0.05, 0) is 81.9 Å². The maximum Gasteiger partial charge on any atom is 0.180 e. The quantitative estimate of drug-likeness (QED) is 0.176. The zero-order valence-corrected chi connectivity index (χ0v) is 30.4. The number of furan rings is 3. The van der Waals surface area contributed by atoms with Crippen molar-refractivity contribution in [1.82, 2.24) is 9.97 Å². The number of nitrogens with zero attached hydrogens (tertiary/aromatic N) is 2. The highest BCUT2D eigenvalue weighted by Crippen LogP contribution is 2.43. The van der Waals surface area contributed by atoms with E-state index in [2.05, 4.69) is 127 Å². The molecule has 0 saturated carbocycles. The van der Waals surface area contributed by atoms with Crippen LogP contribution in [0, 0.1) is 0 Å². The second kappa shape index (κ2) is 12.4. The lowest BCUT2D eigenvalue weighted by molar-refractivity contribution is 0.667. The van der Waals surface area contributed by atoms with E-state index in [9.17, 15) is 0 Å². The van der Waals surface area contributed by atoms with E-state index in [1.807, 2.05) is 54.6 Å². The molecule has 0 aliphatic heterocycles. The first-order valence-corrected chi connectivity index (χ1v) is 19.1. The molecular weight excluding hydrogens is 701 g/mol. The van der Waals surface area contributed by atoms with Crippen LogP contribution in [0.1, 0.15) is 0 Å². The van der Waals surface area contributed by atoms with E-state index in [0.29, 0.717) is 11.4 Å². The Labute approximate surface area is 326 Å². The molecular formula is C52H30N2O3. The Morgan fingerprint density at radius 2 is 0.807 bits per heavy atom. The number of aromatic nitrogens is 2. The molecule has 266 valence electrons. The molecule has 0 N–H and O–H groups in total. The van der Waals surface area contributed by atoms with Gasteiger partial charge in [0.25, 0.3) is 0 Å². The molecule has 4 heterocycles. The van der Waals surface area contributed by atoms with Crippen LogP contribution in [-0.4, -0.2) is 9.97 Å². The van der Waals surface area contributed by atoms with Crippen molar-refractivity contribution in [2.24, 2.45) is 0 Å². The van der Waals surface area contributed by atoms with E-state index in [1.54, 1.807) is 0 Å². The summed E-state index contributed by atoms with van der Waals surface area (Å²) in [5.74, 6) is 0.601. The van der Waals surface area contributed by atoms with Gasteiger partial charge in [0.2, 0.25) is 0 Å². The summed E-state index contributed by atoms with van der Waals surface area (Å²) in [6.07, 6.45) is 0. The maximum absolute atomic E-state index is 6.57. The zero-order chi connectivity index (χ0) is 37.5. The van der Waals surface area contributed by atoms with Crippen molar-refractivity contribution >= 4 is 65.9 Å². The minimum atomic E-state index is 0.601. The third-order valence-corrected chi connectivity index (χ3v) is 11.1. The van der Waals surface area contributed by atoms with Crippen LogP contribution in [0.25, 0.3) is 122 Å². The van der Waals surface area contributed by atoms with Gasteiger partial charge in [-0.1, -0.05) is 133 Å². The Bertz CT molecular complexity index is 3510. The van der Waals surface area contributed by atoms with Gasteiger partial charge in [0.05, 0.1) is 0 Å². The van der Waals surface area contributed by atoms with Crippen LogP contribution >= 0.6 is 0 Å². The lowest BCUT2D eigenvalue weighted by atomic mass is 9.96. The molecule has 5 nitrogen and oxygen atoms in total. The van der Waals surface area contributed by atoms with Gasteiger partial charge in [0, 0.05) is 38.1 Å². The molecule has 0 aliphatic carbocycles. The van der Waals surface area contributed by atoms with Crippen LogP contribution in [0.4, 0.5) is 0 Å². The molecule has 12 aromatic rings. The fourth-order valence-electron chi connectivity index (χ4n) is 8.42. The number of fused-ring (bicyclic) bond motifs is 9. The molecule has 0 unspecified atom stereocenters. The number of hydrogen-bond acceptors (Lipinski definition) is 5. The van der Waals surface area contributed by atoms with Gasteiger partial charge in [0.1, 0.15) is 39.1 Å². The molecule has 0 amide bonds. The smallest absolute Gasteiger partial charge is 0.180 e. The standard InChI is InChI=1S/C52H30N2O3/c1-4-12-31(13-5-1)34-22-25-42-39(28-34)47-37(18-10-20-45(47)55-42)36-24-27-43-40(30-36)48-38(19-11-21-46(48)56-43)52-53-49(33-16-8-3-9-17-33)51-50(54-52)41-29-35(23-26-44(41)57-51)32-14-6-2-7-15-32/h1-30H. The minimum absolute atomic E-state index is 0.601. The van der Waals surface area contributed by atoms with E-state index in [0.717, 1.165) is 105 Å². The van der Waals surface area contributed by atoms with Crippen molar-refractivity contribution in [3.8, 4) is 56.0 Å². The second-order valence-corrected chi connectivity index (χ2v) is 14.5. The lowest BCUT2D eigenvalue weighted by Gasteiger charge is -2.08. The molecule has 5 heteroatoms. The SMILES string of the molecule is c1ccc(-c2ccc3oc4c(-c5ccccc5)nc(-c5cccc6oc7ccc(-c8cccc9oc%10ccc(-c%11ccccc%11)cc%10c89)cc7c56)nc4c3c2)cc1. The Morgan fingerprint density at radius 1 is 0.316 bits per heavy atom. The zero-order valence-electron chi connectivity index (χ0n) is 30.4. The van der Waals surface area contributed by atoms with Crippen LogP contribution in [0.5, 0.6) is 0 Å². The lowest BCUT2D eigenvalue weighted by Crippen LogP contribution is -1.94. The third-order valence-electron chi connectivity index (χ3n) is 11.1. The van der Waals surface area contributed by atoms with Gasteiger partial charge in [-0.15, -0.1) is 0 Å². The molecule has 57 heavy (non-hydrogen) atoms. The highest BCUT2D eigenvalue weighted by Gasteiger charge is 2.22. The van der Waals surface area contributed by atoms with Crippen molar-refractivity contribution in [2.75, 3.05) is 0 Å². The summed E-state index contributed by atoms with van der Waals surface area (Å²) in [4.78, 5) is 10.6. The van der Waals surface area contributed by atoms with Crippen LogP contribution in [-0.2, 0) is 0 Å². The molecule has 0 fully saturated rings. The summed E-state index contributed by atoms with van der Waals surface area (Å²) in [7, 11) is 0. The van der Waals surface area contributed by atoms with Gasteiger partial charge in [-0.25, -0.2) is 9.97 Å². The molecule has 0 radical (unpaired) electrons. The first kappa shape index (κ1) is 31.6. The predicted octanol–water partition coefficient (Wildman–Crippen LogP) is 14.5. The molecule has 0 aliphatic rings. The highest BCUT2D eigenvalue weighted by atomic mass is 16.3. The molecule has 0 spiro atoms. The monoisotopic (exact) mass is 730 g/mol. The Balaban J connectivity index is 1.08. The van der Waals surface area contributed by atoms with Crippen LogP contribution in [0.15, 0.2) is 195 Å². The average Bonchev–Trinajstić information content (AvgIpc) is 3.97. The molecule has 0 saturated heterocycles. The Kier molecular flexibility index (Phi) is 6.86. The highest BCUT2D eigenvalue weighted by molar-refractivity contribution is 6.17. The largest absolute Gasteiger partial charge is 0.456 e. The fourth-order valence-corrected chi connectivity index (χ4v) is 8.42. The molecule has 0 atom stereocenters. The second-order valence-electron chi connectivity index (χ2n) is 14.5. The Hall–Kier alpha value is -7.76. The van der Waals surface area contributed by atoms with E-state index in [1.165, 1.54) is 5.56 Å². The molecule has 8 aromatic carbocycles.